The number of halogens is 1. The maximum absolute atomic E-state index is 12.9. The SMILES string of the molecule is CC(C)OCCN1CCC[C@@H](F)C1. The minimum atomic E-state index is -0.618. The minimum Gasteiger partial charge on any atom is -0.377 e. The van der Waals surface area contributed by atoms with E-state index >= 15 is 0 Å². The van der Waals surface area contributed by atoms with Gasteiger partial charge in [-0.15, -0.1) is 0 Å². The highest BCUT2D eigenvalue weighted by Crippen LogP contribution is 2.12. The van der Waals surface area contributed by atoms with Gasteiger partial charge in [-0.25, -0.2) is 4.39 Å². The molecule has 1 aliphatic rings. The van der Waals surface area contributed by atoms with Crippen molar-refractivity contribution in [2.45, 2.75) is 39.0 Å². The predicted molar refractivity (Wildman–Crippen MR) is 51.7 cm³/mol. The summed E-state index contributed by atoms with van der Waals surface area (Å²) in [7, 11) is 0. The van der Waals surface area contributed by atoms with Crippen molar-refractivity contribution in [3.05, 3.63) is 0 Å². The Bertz CT molecular complexity index is 141. The number of piperidine rings is 1. The second-order valence-corrected chi connectivity index (χ2v) is 3.96. The van der Waals surface area contributed by atoms with E-state index in [9.17, 15) is 4.39 Å². The number of rotatable bonds is 4. The van der Waals surface area contributed by atoms with Crippen molar-refractivity contribution in [2.75, 3.05) is 26.2 Å². The van der Waals surface area contributed by atoms with Crippen LogP contribution < -0.4 is 0 Å². The van der Waals surface area contributed by atoms with E-state index < -0.39 is 6.17 Å². The summed E-state index contributed by atoms with van der Waals surface area (Å²) in [5.74, 6) is 0. The van der Waals surface area contributed by atoms with Crippen molar-refractivity contribution in [1.82, 2.24) is 4.90 Å². The highest BCUT2D eigenvalue weighted by Gasteiger charge is 2.18. The van der Waals surface area contributed by atoms with Crippen LogP contribution in [0.25, 0.3) is 0 Å². The summed E-state index contributed by atoms with van der Waals surface area (Å²) < 4.78 is 18.4. The number of alkyl halides is 1. The molecule has 0 aromatic heterocycles. The van der Waals surface area contributed by atoms with Crippen molar-refractivity contribution in [3.63, 3.8) is 0 Å². The second-order valence-electron chi connectivity index (χ2n) is 3.96. The van der Waals surface area contributed by atoms with Gasteiger partial charge in [0.25, 0.3) is 0 Å². The van der Waals surface area contributed by atoms with Crippen LogP contribution in [0.4, 0.5) is 4.39 Å². The smallest absolute Gasteiger partial charge is 0.113 e. The van der Waals surface area contributed by atoms with Crippen molar-refractivity contribution >= 4 is 0 Å². The van der Waals surface area contributed by atoms with E-state index in [-0.39, 0.29) is 6.10 Å². The van der Waals surface area contributed by atoms with Gasteiger partial charge >= 0.3 is 0 Å². The first-order valence-corrected chi connectivity index (χ1v) is 5.16. The first kappa shape index (κ1) is 10.9. The van der Waals surface area contributed by atoms with Crippen LogP contribution >= 0.6 is 0 Å². The molecule has 1 aliphatic heterocycles. The Morgan fingerprint density at radius 1 is 1.54 bits per heavy atom. The number of hydrogen-bond acceptors (Lipinski definition) is 2. The van der Waals surface area contributed by atoms with E-state index in [1.165, 1.54) is 0 Å². The third-order valence-electron chi connectivity index (χ3n) is 2.31. The van der Waals surface area contributed by atoms with E-state index in [2.05, 4.69) is 4.90 Å². The van der Waals surface area contributed by atoms with Crippen LogP contribution in [0, 0.1) is 0 Å². The van der Waals surface area contributed by atoms with Crippen LogP contribution in [0.5, 0.6) is 0 Å². The molecule has 0 N–H and O–H groups in total. The van der Waals surface area contributed by atoms with Gasteiger partial charge in [-0.1, -0.05) is 0 Å². The summed E-state index contributed by atoms with van der Waals surface area (Å²) in [5.41, 5.74) is 0. The van der Waals surface area contributed by atoms with Crippen molar-refractivity contribution in [2.24, 2.45) is 0 Å². The summed E-state index contributed by atoms with van der Waals surface area (Å²) in [5, 5.41) is 0. The summed E-state index contributed by atoms with van der Waals surface area (Å²) in [6, 6.07) is 0. The van der Waals surface area contributed by atoms with Gasteiger partial charge in [0.2, 0.25) is 0 Å². The Morgan fingerprint density at radius 3 is 2.92 bits per heavy atom. The molecular formula is C10H20FNO. The molecule has 1 atom stereocenters. The fourth-order valence-corrected chi connectivity index (χ4v) is 1.62. The van der Waals surface area contributed by atoms with Crippen LogP contribution in [-0.2, 0) is 4.74 Å². The average molecular weight is 189 g/mol. The fraction of sp³-hybridized carbons (Fsp3) is 1.00. The van der Waals surface area contributed by atoms with Gasteiger partial charge < -0.3 is 4.74 Å². The zero-order valence-electron chi connectivity index (χ0n) is 8.63. The Kier molecular flexibility index (Phi) is 4.67. The Labute approximate surface area is 80.1 Å². The first-order valence-electron chi connectivity index (χ1n) is 5.16. The molecule has 0 aliphatic carbocycles. The average Bonchev–Trinajstić information content (AvgIpc) is 2.03. The summed E-state index contributed by atoms with van der Waals surface area (Å²) in [4.78, 5) is 2.15. The minimum absolute atomic E-state index is 0.283. The molecule has 1 rings (SSSR count). The third kappa shape index (κ3) is 4.58. The van der Waals surface area contributed by atoms with Gasteiger partial charge in [0, 0.05) is 13.1 Å². The molecule has 0 saturated carbocycles. The topological polar surface area (TPSA) is 12.5 Å². The number of ether oxygens (including phenoxy) is 1. The summed E-state index contributed by atoms with van der Waals surface area (Å²) in [6.07, 6.45) is 1.39. The molecule has 0 unspecified atom stereocenters. The zero-order chi connectivity index (χ0) is 9.68. The van der Waals surface area contributed by atoms with E-state index in [0.717, 1.165) is 32.5 Å². The van der Waals surface area contributed by atoms with Crippen LogP contribution in [0.2, 0.25) is 0 Å². The van der Waals surface area contributed by atoms with Gasteiger partial charge in [-0.05, 0) is 33.2 Å². The van der Waals surface area contributed by atoms with E-state index in [1.807, 2.05) is 13.8 Å². The van der Waals surface area contributed by atoms with Crippen LogP contribution in [0.15, 0.2) is 0 Å². The molecule has 1 fully saturated rings. The van der Waals surface area contributed by atoms with Crippen LogP contribution in [-0.4, -0.2) is 43.4 Å². The maximum atomic E-state index is 12.9. The number of hydrogen-bond donors (Lipinski definition) is 0. The molecule has 13 heavy (non-hydrogen) atoms. The molecule has 0 aromatic rings. The highest BCUT2D eigenvalue weighted by molar-refractivity contribution is 4.71. The highest BCUT2D eigenvalue weighted by atomic mass is 19.1. The van der Waals surface area contributed by atoms with E-state index in [1.54, 1.807) is 0 Å². The summed E-state index contributed by atoms with van der Waals surface area (Å²) in [6.45, 7) is 7.27. The molecule has 3 heteroatoms. The molecule has 78 valence electrons. The number of nitrogens with zero attached hydrogens (tertiary/aromatic N) is 1. The Hall–Kier alpha value is -0.150. The van der Waals surface area contributed by atoms with Crippen molar-refractivity contribution < 1.29 is 9.13 Å². The maximum Gasteiger partial charge on any atom is 0.113 e. The van der Waals surface area contributed by atoms with Crippen molar-refractivity contribution in [3.8, 4) is 0 Å². The largest absolute Gasteiger partial charge is 0.377 e. The monoisotopic (exact) mass is 189 g/mol. The molecule has 0 amide bonds. The van der Waals surface area contributed by atoms with Crippen LogP contribution in [0.1, 0.15) is 26.7 Å². The molecule has 0 bridgehead atoms. The van der Waals surface area contributed by atoms with E-state index in [0.29, 0.717) is 6.54 Å². The normalized spacial score (nSPS) is 25.4. The quantitative estimate of drug-likeness (QED) is 0.669. The lowest BCUT2D eigenvalue weighted by atomic mass is 10.1. The van der Waals surface area contributed by atoms with Gasteiger partial charge in [0.05, 0.1) is 12.7 Å². The molecular weight excluding hydrogens is 169 g/mol. The Balaban J connectivity index is 2.06. The lowest BCUT2D eigenvalue weighted by Gasteiger charge is -2.28. The number of likely N-dealkylation sites (tertiary alicyclic amines) is 1. The third-order valence-corrected chi connectivity index (χ3v) is 2.31. The van der Waals surface area contributed by atoms with Crippen LogP contribution in [0.3, 0.4) is 0 Å². The molecule has 1 saturated heterocycles. The molecule has 2 nitrogen and oxygen atoms in total. The zero-order valence-corrected chi connectivity index (χ0v) is 8.63. The standard InChI is InChI=1S/C10H20FNO/c1-9(2)13-7-6-12-5-3-4-10(11)8-12/h9-10H,3-8H2,1-2H3/t10-/m1/s1. The molecule has 0 spiro atoms. The van der Waals surface area contributed by atoms with Gasteiger partial charge in [0.1, 0.15) is 6.17 Å². The molecule has 0 aromatic carbocycles. The first-order chi connectivity index (χ1) is 6.18. The fourth-order valence-electron chi connectivity index (χ4n) is 1.62. The van der Waals surface area contributed by atoms with Crippen molar-refractivity contribution in [1.29, 1.82) is 0 Å². The second kappa shape index (κ2) is 5.55. The Morgan fingerprint density at radius 2 is 2.31 bits per heavy atom. The molecule has 0 radical (unpaired) electrons. The predicted octanol–water partition coefficient (Wildman–Crippen LogP) is 1.85. The van der Waals surface area contributed by atoms with Gasteiger partial charge in [-0.3, -0.25) is 4.90 Å². The summed E-state index contributed by atoms with van der Waals surface area (Å²) >= 11 is 0. The molecule has 1 heterocycles. The lowest BCUT2D eigenvalue weighted by molar-refractivity contribution is 0.0447. The van der Waals surface area contributed by atoms with Gasteiger partial charge in [-0.2, -0.15) is 0 Å². The van der Waals surface area contributed by atoms with E-state index in [4.69, 9.17) is 4.74 Å². The lowest BCUT2D eigenvalue weighted by Crippen LogP contribution is -2.38. The van der Waals surface area contributed by atoms with Gasteiger partial charge in [0.15, 0.2) is 0 Å².